The molecule has 21 heavy (non-hydrogen) atoms. The molecule has 2 aliphatic rings. The van der Waals surface area contributed by atoms with E-state index in [1.165, 1.54) is 0 Å². The third kappa shape index (κ3) is 3.43. The summed E-state index contributed by atoms with van der Waals surface area (Å²) in [6.07, 6.45) is 2.89. The van der Waals surface area contributed by atoms with Crippen LogP contribution in [0.2, 0.25) is 0 Å². The highest BCUT2D eigenvalue weighted by atomic mass is 16.2. The van der Waals surface area contributed by atoms with Crippen LogP contribution in [0.5, 0.6) is 0 Å². The fourth-order valence-electron chi connectivity index (χ4n) is 2.68. The zero-order valence-electron chi connectivity index (χ0n) is 12.4. The maximum atomic E-state index is 12.5. The average Bonchev–Trinajstić information content (AvgIpc) is 3.38. The maximum absolute atomic E-state index is 12.5. The van der Waals surface area contributed by atoms with E-state index in [-0.39, 0.29) is 23.7 Å². The number of nitrogens with zero attached hydrogens (tertiary/aromatic N) is 1. The highest BCUT2D eigenvalue weighted by Crippen LogP contribution is 2.41. The molecule has 2 saturated carbocycles. The van der Waals surface area contributed by atoms with Crippen molar-refractivity contribution in [2.75, 3.05) is 6.54 Å². The Morgan fingerprint density at radius 2 is 1.90 bits per heavy atom. The van der Waals surface area contributed by atoms with Crippen molar-refractivity contribution in [1.29, 1.82) is 0 Å². The van der Waals surface area contributed by atoms with Crippen LogP contribution in [0.15, 0.2) is 30.3 Å². The Balaban J connectivity index is 1.55. The van der Waals surface area contributed by atoms with Gasteiger partial charge >= 0.3 is 0 Å². The van der Waals surface area contributed by atoms with Gasteiger partial charge in [0.25, 0.3) is 0 Å². The van der Waals surface area contributed by atoms with Crippen LogP contribution in [-0.2, 0) is 16.1 Å². The number of amides is 2. The average molecular weight is 286 g/mol. The first-order valence-electron chi connectivity index (χ1n) is 7.82. The van der Waals surface area contributed by atoms with E-state index in [1.807, 2.05) is 42.2 Å². The Hall–Kier alpha value is -1.84. The Morgan fingerprint density at radius 3 is 2.52 bits per heavy atom. The Labute approximate surface area is 125 Å². The fraction of sp³-hybridized carbons (Fsp3) is 0.529. The van der Waals surface area contributed by atoms with Crippen LogP contribution in [0.3, 0.4) is 0 Å². The molecular weight excluding hydrogens is 264 g/mol. The van der Waals surface area contributed by atoms with Gasteiger partial charge in [-0.05, 0) is 31.7 Å². The van der Waals surface area contributed by atoms with Crippen molar-refractivity contribution in [1.82, 2.24) is 10.2 Å². The normalized spacial score (nSPS) is 23.5. The van der Waals surface area contributed by atoms with E-state index in [1.54, 1.807) is 0 Å². The lowest BCUT2D eigenvalue weighted by molar-refractivity contribution is -0.135. The van der Waals surface area contributed by atoms with E-state index >= 15 is 0 Å². The van der Waals surface area contributed by atoms with Gasteiger partial charge in [-0.3, -0.25) is 9.59 Å². The molecule has 2 amide bonds. The van der Waals surface area contributed by atoms with Crippen LogP contribution in [0.25, 0.3) is 0 Å². The van der Waals surface area contributed by atoms with Crippen molar-refractivity contribution in [3.8, 4) is 0 Å². The molecule has 0 saturated heterocycles. The molecule has 3 rings (SSSR count). The first-order chi connectivity index (χ1) is 10.2. The summed E-state index contributed by atoms with van der Waals surface area (Å²) in [7, 11) is 0. The van der Waals surface area contributed by atoms with E-state index in [9.17, 15) is 9.59 Å². The van der Waals surface area contributed by atoms with Crippen molar-refractivity contribution < 1.29 is 9.59 Å². The van der Waals surface area contributed by atoms with Gasteiger partial charge in [-0.25, -0.2) is 0 Å². The van der Waals surface area contributed by atoms with Crippen LogP contribution in [0.4, 0.5) is 0 Å². The number of nitrogens with one attached hydrogen (secondary N) is 1. The SMILES string of the molecule is CCN(Cc1ccccc1)C(=O)C1CC1C(=O)NC1CC1. The molecular formula is C17H22N2O2. The molecule has 2 aliphatic carbocycles. The highest BCUT2D eigenvalue weighted by molar-refractivity contribution is 5.92. The van der Waals surface area contributed by atoms with Gasteiger partial charge in [0.1, 0.15) is 0 Å². The standard InChI is InChI=1S/C17H22N2O2/c1-2-19(11-12-6-4-3-5-7-12)17(21)15-10-14(15)16(20)18-13-8-9-13/h3-7,13-15H,2,8-11H2,1H3,(H,18,20). The molecule has 1 aromatic rings. The monoisotopic (exact) mass is 286 g/mol. The minimum absolute atomic E-state index is 0.0756. The number of rotatable bonds is 6. The second kappa shape index (κ2) is 5.88. The molecule has 0 aromatic heterocycles. The molecule has 2 atom stereocenters. The Bertz CT molecular complexity index is 525. The van der Waals surface area contributed by atoms with Crippen molar-refractivity contribution in [2.45, 2.75) is 38.8 Å². The van der Waals surface area contributed by atoms with Crippen LogP contribution >= 0.6 is 0 Å². The van der Waals surface area contributed by atoms with Crippen LogP contribution in [0.1, 0.15) is 31.7 Å². The van der Waals surface area contributed by atoms with Crippen LogP contribution in [0, 0.1) is 11.8 Å². The second-order valence-corrected chi connectivity index (χ2v) is 6.07. The summed E-state index contributed by atoms with van der Waals surface area (Å²) < 4.78 is 0. The number of hydrogen-bond donors (Lipinski definition) is 1. The smallest absolute Gasteiger partial charge is 0.226 e. The summed E-state index contributed by atoms with van der Waals surface area (Å²) in [6, 6.07) is 10.4. The summed E-state index contributed by atoms with van der Waals surface area (Å²) in [5.74, 6) is -0.000695. The Morgan fingerprint density at radius 1 is 1.19 bits per heavy atom. The van der Waals surface area contributed by atoms with Crippen molar-refractivity contribution in [2.24, 2.45) is 11.8 Å². The zero-order chi connectivity index (χ0) is 14.8. The summed E-state index contributed by atoms with van der Waals surface area (Å²) >= 11 is 0. The highest BCUT2D eigenvalue weighted by Gasteiger charge is 2.50. The van der Waals surface area contributed by atoms with Crippen LogP contribution in [-0.4, -0.2) is 29.3 Å². The predicted octanol–water partition coefficient (Wildman–Crippen LogP) is 1.95. The molecule has 2 fully saturated rings. The predicted molar refractivity (Wildman–Crippen MR) is 80.3 cm³/mol. The molecule has 0 bridgehead atoms. The lowest BCUT2D eigenvalue weighted by Crippen LogP contribution is -2.34. The molecule has 4 nitrogen and oxygen atoms in total. The summed E-state index contributed by atoms with van der Waals surface area (Å²) in [5, 5.41) is 3.00. The molecule has 0 radical (unpaired) electrons. The summed E-state index contributed by atoms with van der Waals surface area (Å²) in [4.78, 5) is 26.3. The molecule has 1 N–H and O–H groups in total. The van der Waals surface area contributed by atoms with Gasteiger partial charge in [-0.1, -0.05) is 30.3 Å². The number of carbonyl (C=O) groups is 2. The van der Waals surface area contributed by atoms with Gasteiger partial charge in [0.2, 0.25) is 11.8 Å². The van der Waals surface area contributed by atoms with E-state index in [2.05, 4.69) is 5.32 Å². The second-order valence-electron chi connectivity index (χ2n) is 6.07. The minimum atomic E-state index is -0.104. The van der Waals surface area contributed by atoms with Crippen molar-refractivity contribution in [3.05, 3.63) is 35.9 Å². The first-order valence-corrected chi connectivity index (χ1v) is 7.82. The summed E-state index contributed by atoms with van der Waals surface area (Å²) in [5.41, 5.74) is 1.13. The number of carbonyl (C=O) groups excluding carboxylic acids is 2. The van der Waals surface area contributed by atoms with Crippen LogP contribution < -0.4 is 5.32 Å². The van der Waals surface area contributed by atoms with Gasteiger partial charge in [0.15, 0.2) is 0 Å². The van der Waals surface area contributed by atoms with Gasteiger partial charge in [0.05, 0.1) is 11.8 Å². The third-order valence-corrected chi connectivity index (χ3v) is 4.28. The zero-order valence-corrected chi connectivity index (χ0v) is 12.4. The number of hydrogen-bond acceptors (Lipinski definition) is 2. The minimum Gasteiger partial charge on any atom is -0.353 e. The van der Waals surface area contributed by atoms with Gasteiger partial charge in [-0.15, -0.1) is 0 Å². The van der Waals surface area contributed by atoms with Gasteiger partial charge < -0.3 is 10.2 Å². The van der Waals surface area contributed by atoms with E-state index in [0.717, 1.165) is 18.4 Å². The van der Waals surface area contributed by atoms with E-state index in [4.69, 9.17) is 0 Å². The van der Waals surface area contributed by atoms with E-state index < -0.39 is 0 Å². The fourth-order valence-corrected chi connectivity index (χ4v) is 2.68. The maximum Gasteiger partial charge on any atom is 0.226 e. The molecule has 4 heteroatoms. The number of benzene rings is 1. The molecule has 0 aliphatic heterocycles. The first kappa shape index (κ1) is 14.1. The molecule has 112 valence electrons. The Kier molecular flexibility index (Phi) is 3.95. The lowest BCUT2D eigenvalue weighted by atomic mass is 10.2. The molecule has 0 heterocycles. The molecule has 0 spiro atoms. The largest absolute Gasteiger partial charge is 0.353 e. The van der Waals surface area contributed by atoms with Gasteiger partial charge in [-0.2, -0.15) is 0 Å². The van der Waals surface area contributed by atoms with Crippen molar-refractivity contribution in [3.63, 3.8) is 0 Å². The topological polar surface area (TPSA) is 49.4 Å². The van der Waals surface area contributed by atoms with Gasteiger partial charge in [0, 0.05) is 19.1 Å². The van der Waals surface area contributed by atoms with E-state index in [0.29, 0.717) is 25.6 Å². The third-order valence-electron chi connectivity index (χ3n) is 4.28. The quantitative estimate of drug-likeness (QED) is 0.869. The lowest BCUT2D eigenvalue weighted by Gasteiger charge is -2.21. The molecule has 2 unspecified atom stereocenters. The van der Waals surface area contributed by atoms with Crippen molar-refractivity contribution >= 4 is 11.8 Å². The molecule has 1 aromatic carbocycles. The summed E-state index contributed by atoms with van der Waals surface area (Å²) in [6.45, 7) is 3.30.